The molecule has 0 saturated carbocycles. The summed E-state index contributed by atoms with van der Waals surface area (Å²) in [4.78, 5) is 5.09. The highest BCUT2D eigenvalue weighted by atomic mass is 32.2. The maximum absolute atomic E-state index is 5.37. The molecule has 0 amide bonds. The monoisotopic (exact) mass is 192 g/mol. The second-order valence-corrected chi connectivity index (χ2v) is 3.48. The number of nitrogens with one attached hydrogen (secondary N) is 1. The first-order valence-corrected chi connectivity index (χ1v) is 4.57. The van der Waals surface area contributed by atoms with Crippen LogP contribution in [-0.4, -0.2) is 15.2 Å². The minimum absolute atomic E-state index is 0.276. The quantitative estimate of drug-likeness (QED) is 0.757. The van der Waals surface area contributed by atoms with Crippen LogP contribution < -0.4 is 5.73 Å². The molecule has 13 heavy (non-hydrogen) atoms. The van der Waals surface area contributed by atoms with Crippen LogP contribution in [0.15, 0.2) is 40.4 Å². The van der Waals surface area contributed by atoms with Crippen LogP contribution in [-0.2, 0) is 0 Å². The number of H-pyrrole nitrogens is 1. The fourth-order valence-corrected chi connectivity index (χ4v) is 1.65. The van der Waals surface area contributed by atoms with Crippen LogP contribution in [0.5, 0.6) is 0 Å². The van der Waals surface area contributed by atoms with Crippen molar-refractivity contribution in [1.29, 1.82) is 0 Å². The Morgan fingerprint density at radius 1 is 1.23 bits per heavy atom. The van der Waals surface area contributed by atoms with Crippen LogP contribution in [0.3, 0.4) is 0 Å². The van der Waals surface area contributed by atoms with Crippen LogP contribution in [0.1, 0.15) is 0 Å². The van der Waals surface area contributed by atoms with Crippen molar-refractivity contribution in [3.05, 3.63) is 30.3 Å². The van der Waals surface area contributed by atoms with Crippen LogP contribution in [0, 0.1) is 0 Å². The number of rotatable bonds is 2. The normalized spacial score (nSPS) is 10.2. The zero-order valence-corrected chi connectivity index (χ0v) is 7.58. The number of nitrogen functional groups attached to an aromatic ring is 1. The maximum Gasteiger partial charge on any atom is 0.240 e. The summed E-state index contributed by atoms with van der Waals surface area (Å²) in [6.07, 6.45) is 0. The molecule has 2 aromatic rings. The third kappa shape index (κ3) is 2.00. The van der Waals surface area contributed by atoms with E-state index in [0.717, 1.165) is 4.90 Å². The Kier molecular flexibility index (Phi) is 2.18. The molecule has 2 rings (SSSR count). The summed E-state index contributed by atoms with van der Waals surface area (Å²) in [5, 5.41) is 7.18. The Morgan fingerprint density at radius 3 is 2.62 bits per heavy atom. The van der Waals surface area contributed by atoms with Crippen LogP contribution in [0.25, 0.3) is 0 Å². The summed E-state index contributed by atoms with van der Waals surface area (Å²) in [6.45, 7) is 0. The highest BCUT2D eigenvalue weighted by Crippen LogP contribution is 2.23. The Morgan fingerprint density at radius 2 is 2.00 bits per heavy atom. The number of nitrogens with two attached hydrogens (primary N) is 1. The lowest BCUT2D eigenvalue weighted by Gasteiger charge is -1.94. The predicted octanol–water partition coefficient (Wildman–Crippen LogP) is 1.54. The van der Waals surface area contributed by atoms with E-state index in [-0.39, 0.29) is 5.95 Å². The molecule has 0 aliphatic heterocycles. The number of nitrogens with zero attached hydrogens (tertiary/aromatic N) is 2. The lowest BCUT2D eigenvalue weighted by atomic mass is 10.4. The van der Waals surface area contributed by atoms with Gasteiger partial charge in [-0.2, -0.15) is 4.98 Å². The fourth-order valence-electron chi connectivity index (χ4n) is 0.905. The summed E-state index contributed by atoms with van der Waals surface area (Å²) in [5.41, 5.74) is 5.37. The molecular formula is C8H8N4S. The molecule has 0 fully saturated rings. The van der Waals surface area contributed by atoms with Gasteiger partial charge < -0.3 is 5.73 Å². The predicted molar refractivity (Wildman–Crippen MR) is 51.4 cm³/mol. The molecule has 0 saturated heterocycles. The molecule has 3 N–H and O–H groups in total. The minimum Gasteiger partial charge on any atom is -0.366 e. The van der Waals surface area contributed by atoms with E-state index in [0.29, 0.717) is 5.16 Å². The van der Waals surface area contributed by atoms with E-state index in [1.54, 1.807) is 0 Å². The molecule has 0 spiro atoms. The second kappa shape index (κ2) is 3.49. The van der Waals surface area contributed by atoms with E-state index in [9.17, 15) is 0 Å². The Balaban J connectivity index is 2.15. The van der Waals surface area contributed by atoms with Crippen molar-refractivity contribution in [2.75, 3.05) is 5.73 Å². The first-order valence-electron chi connectivity index (χ1n) is 3.75. The van der Waals surface area contributed by atoms with Gasteiger partial charge in [-0.3, -0.25) is 5.10 Å². The van der Waals surface area contributed by atoms with Gasteiger partial charge >= 0.3 is 0 Å². The number of benzene rings is 1. The minimum atomic E-state index is 0.276. The van der Waals surface area contributed by atoms with E-state index in [1.807, 2.05) is 30.3 Å². The lowest BCUT2D eigenvalue weighted by molar-refractivity contribution is 0.974. The summed E-state index contributed by atoms with van der Waals surface area (Å²) in [6, 6.07) is 9.93. The maximum atomic E-state index is 5.37. The van der Waals surface area contributed by atoms with Gasteiger partial charge in [-0.25, -0.2) is 0 Å². The average Bonchev–Trinajstić information content (AvgIpc) is 2.53. The first-order chi connectivity index (χ1) is 6.34. The van der Waals surface area contributed by atoms with E-state index >= 15 is 0 Å². The second-order valence-electron chi connectivity index (χ2n) is 2.41. The van der Waals surface area contributed by atoms with Crippen LogP contribution in [0.2, 0.25) is 0 Å². The van der Waals surface area contributed by atoms with Gasteiger partial charge in [-0.05, 0) is 12.1 Å². The molecule has 4 nitrogen and oxygen atoms in total. The van der Waals surface area contributed by atoms with Gasteiger partial charge in [0.05, 0.1) is 0 Å². The van der Waals surface area contributed by atoms with Crippen molar-refractivity contribution in [2.45, 2.75) is 10.1 Å². The van der Waals surface area contributed by atoms with Crippen molar-refractivity contribution < 1.29 is 0 Å². The lowest BCUT2D eigenvalue weighted by Crippen LogP contribution is -1.84. The van der Waals surface area contributed by atoms with Gasteiger partial charge in [0, 0.05) is 4.90 Å². The largest absolute Gasteiger partial charge is 0.366 e. The third-order valence-corrected chi connectivity index (χ3v) is 2.32. The standard InChI is InChI=1S/C8H8N4S/c9-7-10-8(12-11-7)13-6-4-2-1-3-5-6/h1-5H,(H3,9,10,11,12). The van der Waals surface area contributed by atoms with Crippen molar-refractivity contribution in [3.8, 4) is 0 Å². The first kappa shape index (κ1) is 8.12. The molecular weight excluding hydrogens is 184 g/mol. The van der Waals surface area contributed by atoms with Gasteiger partial charge in [0.25, 0.3) is 0 Å². The zero-order chi connectivity index (χ0) is 9.10. The molecule has 0 aliphatic carbocycles. The molecule has 1 aromatic heterocycles. The number of aromatic amines is 1. The average molecular weight is 192 g/mol. The highest BCUT2D eigenvalue weighted by molar-refractivity contribution is 7.99. The van der Waals surface area contributed by atoms with Crippen molar-refractivity contribution in [1.82, 2.24) is 15.2 Å². The Bertz CT molecular complexity index is 384. The molecule has 5 heteroatoms. The fraction of sp³-hybridized carbons (Fsp3) is 0. The van der Waals surface area contributed by atoms with Crippen molar-refractivity contribution >= 4 is 17.7 Å². The molecule has 0 radical (unpaired) electrons. The highest BCUT2D eigenvalue weighted by Gasteiger charge is 2.00. The Labute approximate surface area is 79.6 Å². The Hall–Kier alpha value is -1.49. The van der Waals surface area contributed by atoms with Crippen LogP contribution >= 0.6 is 11.8 Å². The number of hydrogen-bond acceptors (Lipinski definition) is 4. The summed E-state index contributed by atoms with van der Waals surface area (Å²) in [7, 11) is 0. The summed E-state index contributed by atoms with van der Waals surface area (Å²) in [5.74, 6) is 0.276. The molecule has 0 aliphatic rings. The molecule has 66 valence electrons. The van der Waals surface area contributed by atoms with Gasteiger partial charge in [0.1, 0.15) is 0 Å². The van der Waals surface area contributed by atoms with E-state index in [1.165, 1.54) is 11.8 Å². The molecule has 1 heterocycles. The van der Waals surface area contributed by atoms with E-state index in [2.05, 4.69) is 15.2 Å². The van der Waals surface area contributed by atoms with Gasteiger partial charge in [0.15, 0.2) is 5.16 Å². The topological polar surface area (TPSA) is 67.6 Å². The smallest absolute Gasteiger partial charge is 0.240 e. The zero-order valence-electron chi connectivity index (χ0n) is 6.77. The molecule has 1 aromatic carbocycles. The summed E-state index contributed by atoms with van der Waals surface area (Å²) < 4.78 is 0. The number of hydrogen-bond donors (Lipinski definition) is 2. The van der Waals surface area contributed by atoms with Gasteiger partial charge in [-0.1, -0.05) is 30.0 Å². The number of aromatic nitrogens is 3. The van der Waals surface area contributed by atoms with Crippen molar-refractivity contribution in [2.24, 2.45) is 0 Å². The third-order valence-electron chi connectivity index (χ3n) is 1.44. The van der Waals surface area contributed by atoms with Crippen LogP contribution in [0.4, 0.5) is 5.95 Å². The van der Waals surface area contributed by atoms with Gasteiger partial charge in [-0.15, -0.1) is 5.10 Å². The summed E-state index contributed by atoms with van der Waals surface area (Å²) >= 11 is 1.50. The van der Waals surface area contributed by atoms with Gasteiger partial charge in [0.2, 0.25) is 5.95 Å². The van der Waals surface area contributed by atoms with E-state index < -0.39 is 0 Å². The molecule has 0 unspecified atom stereocenters. The van der Waals surface area contributed by atoms with Crippen molar-refractivity contribution in [3.63, 3.8) is 0 Å². The SMILES string of the molecule is Nc1n[nH]c(Sc2ccccc2)n1. The molecule has 0 bridgehead atoms. The number of anilines is 1. The van der Waals surface area contributed by atoms with E-state index in [4.69, 9.17) is 5.73 Å². The molecule has 0 atom stereocenters.